The van der Waals surface area contributed by atoms with Gasteiger partial charge in [-0.25, -0.2) is 13.2 Å². The third kappa shape index (κ3) is 4.03. The van der Waals surface area contributed by atoms with Crippen LogP contribution in [0.3, 0.4) is 0 Å². The lowest BCUT2D eigenvalue weighted by Gasteiger charge is -2.20. The van der Waals surface area contributed by atoms with Crippen LogP contribution in [0.5, 0.6) is 5.75 Å². The number of aromatic nitrogens is 1. The summed E-state index contributed by atoms with van der Waals surface area (Å²) in [5, 5.41) is 0. The van der Waals surface area contributed by atoms with Crippen LogP contribution >= 0.6 is 0 Å². The fourth-order valence-electron chi connectivity index (χ4n) is 3.91. The number of fused-ring (bicyclic) bond motifs is 1. The number of anilines is 1. The largest absolute Gasteiger partial charge is 0.495 e. The molecule has 1 aromatic heterocycles. The van der Waals surface area contributed by atoms with E-state index in [0.29, 0.717) is 30.0 Å². The molecule has 1 aliphatic rings. The molecule has 1 amide bonds. The van der Waals surface area contributed by atoms with Crippen LogP contribution in [-0.4, -0.2) is 50.4 Å². The van der Waals surface area contributed by atoms with Gasteiger partial charge in [0.2, 0.25) is 15.9 Å². The lowest BCUT2D eigenvalue weighted by atomic mass is 10.2. The van der Waals surface area contributed by atoms with Crippen molar-refractivity contribution in [2.45, 2.75) is 30.7 Å². The number of benzene rings is 2. The van der Waals surface area contributed by atoms with Gasteiger partial charge >= 0.3 is 5.76 Å². The minimum absolute atomic E-state index is 0.0525. The molecule has 1 fully saturated rings. The number of sulfonamides is 1. The average molecular weight is 460 g/mol. The Kier molecular flexibility index (Phi) is 6.07. The molecule has 0 aliphatic carbocycles. The van der Waals surface area contributed by atoms with Crippen molar-refractivity contribution in [3.8, 4) is 5.75 Å². The van der Waals surface area contributed by atoms with Gasteiger partial charge in [-0.2, -0.15) is 4.31 Å². The first-order valence-electron chi connectivity index (χ1n) is 10.4. The Bertz CT molecular complexity index is 1300. The van der Waals surface area contributed by atoms with E-state index < -0.39 is 15.8 Å². The van der Waals surface area contributed by atoms with Gasteiger partial charge in [-0.05, 0) is 37.1 Å². The van der Waals surface area contributed by atoms with E-state index in [1.54, 1.807) is 25.2 Å². The molecule has 4 rings (SSSR count). The highest BCUT2D eigenvalue weighted by Crippen LogP contribution is 2.27. The van der Waals surface area contributed by atoms with Crippen LogP contribution in [0.15, 0.2) is 56.6 Å². The fourth-order valence-corrected chi connectivity index (χ4v) is 5.45. The molecule has 0 N–H and O–H groups in total. The van der Waals surface area contributed by atoms with E-state index in [1.807, 2.05) is 12.1 Å². The quantitative estimate of drug-likeness (QED) is 0.538. The summed E-state index contributed by atoms with van der Waals surface area (Å²) in [6, 6.07) is 11.6. The van der Waals surface area contributed by atoms with Gasteiger partial charge in [0.05, 0.1) is 23.2 Å². The summed E-state index contributed by atoms with van der Waals surface area (Å²) in [5.74, 6) is -0.270. The van der Waals surface area contributed by atoms with Crippen molar-refractivity contribution in [2.24, 2.45) is 0 Å². The first-order valence-corrected chi connectivity index (χ1v) is 11.8. The van der Waals surface area contributed by atoms with Crippen LogP contribution in [0.4, 0.5) is 5.69 Å². The van der Waals surface area contributed by atoms with Crippen molar-refractivity contribution in [1.82, 2.24) is 8.87 Å². The Labute approximate surface area is 185 Å². The predicted octanol–water partition coefficient (Wildman–Crippen LogP) is 2.44. The molecule has 2 heterocycles. The predicted molar refractivity (Wildman–Crippen MR) is 119 cm³/mol. The maximum atomic E-state index is 12.8. The second kappa shape index (κ2) is 8.79. The molecule has 0 saturated carbocycles. The molecule has 10 heteroatoms. The zero-order valence-electron chi connectivity index (χ0n) is 18.0. The molecule has 170 valence electrons. The number of aryl methyl sites for hydroxylation is 1. The minimum atomic E-state index is -3.62. The molecule has 2 aromatic carbocycles. The van der Waals surface area contributed by atoms with E-state index in [4.69, 9.17) is 9.15 Å². The van der Waals surface area contributed by atoms with Crippen LogP contribution in [-0.2, 0) is 21.4 Å². The number of nitrogens with zero attached hydrogens (tertiary/aromatic N) is 3. The zero-order valence-corrected chi connectivity index (χ0v) is 18.8. The van der Waals surface area contributed by atoms with Crippen LogP contribution in [0.25, 0.3) is 11.1 Å². The number of para-hydroxylation sites is 2. The van der Waals surface area contributed by atoms with E-state index in [-0.39, 0.29) is 29.4 Å². The highest BCUT2D eigenvalue weighted by molar-refractivity contribution is 7.89. The van der Waals surface area contributed by atoms with Crippen LogP contribution in [0.2, 0.25) is 0 Å². The molecule has 0 spiro atoms. The number of methoxy groups -OCH3 is 1. The van der Waals surface area contributed by atoms with E-state index >= 15 is 0 Å². The fraction of sp³-hybridized carbons (Fsp3) is 0.364. The average Bonchev–Trinajstić information content (AvgIpc) is 3.44. The lowest BCUT2D eigenvalue weighted by Crippen LogP contribution is -2.28. The third-order valence-electron chi connectivity index (χ3n) is 5.71. The van der Waals surface area contributed by atoms with Gasteiger partial charge in [0.1, 0.15) is 5.75 Å². The summed E-state index contributed by atoms with van der Waals surface area (Å²) in [5.41, 5.74) is 1.25. The molecule has 3 aromatic rings. The minimum Gasteiger partial charge on any atom is -0.495 e. The van der Waals surface area contributed by atoms with Gasteiger partial charge in [-0.3, -0.25) is 9.36 Å². The number of hydrogen-bond donors (Lipinski definition) is 0. The van der Waals surface area contributed by atoms with Crippen molar-refractivity contribution >= 4 is 32.7 Å². The van der Waals surface area contributed by atoms with Crippen LogP contribution in [0, 0.1) is 0 Å². The maximum absolute atomic E-state index is 12.8. The highest BCUT2D eigenvalue weighted by Gasteiger charge is 2.28. The van der Waals surface area contributed by atoms with Crippen molar-refractivity contribution < 1.29 is 22.4 Å². The maximum Gasteiger partial charge on any atom is 0.419 e. The molecule has 32 heavy (non-hydrogen) atoms. The van der Waals surface area contributed by atoms with Crippen molar-refractivity contribution in [1.29, 1.82) is 0 Å². The molecular formula is C22H25N3O6S. The van der Waals surface area contributed by atoms with Gasteiger partial charge in [0.15, 0.2) is 5.58 Å². The Hall–Kier alpha value is -3.11. The molecule has 0 bridgehead atoms. The van der Waals surface area contributed by atoms with E-state index in [0.717, 1.165) is 12.8 Å². The molecule has 1 aliphatic heterocycles. The number of ether oxygens (including phenoxy) is 1. The lowest BCUT2D eigenvalue weighted by molar-refractivity contribution is -0.118. The second-order valence-electron chi connectivity index (χ2n) is 7.63. The third-order valence-corrected chi connectivity index (χ3v) is 7.61. The standard InChI is InChI=1S/C22H25N3O6S/c1-23(17-7-3-4-8-19(17)30-2)21(26)11-14-25-18-10-9-16(15-20(18)31-22(25)27)32(28,29)24-12-5-6-13-24/h3-4,7-10,15H,5-6,11-14H2,1-2H3. The molecular weight excluding hydrogens is 434 g/mol. The first kappa shape index (κ1) is 22.1. The number of oxazole rings is 1. The number of hydrogen-bond acceptors (Lipinski definition) is 6. The summed E-state index contributed by atoms with van der Waals surface area (Å²) in [4.78, 5) is 26.7. The van der Waals surface area contributed by atoms with Crippen LogP contribution in [0.1, 0.15) is 19.3 Å². The Balaban J connectivity index is 1.54. The summed E-state index contributed by atoms with van der Waals surface area (Å²) in [6.45, 7) is 1.09. The molecule has 1 saturated heterocycles. The summed E-state index contributed by atoms with van der Waals surface area (Å²) in [7, 11) is -0.440. The Morgan fingerprint density at radius 3 is 2.59 bits per heavy atom. The summed E-state index contributed by atoms with van der Waals surface area (Å²) >= 11 is 0. The summed E-state index contributed by atoms with van der Waals surface area (Å²) in [6.07, 6.45) is 1.73. The molecule has 0 radical (unpaired) electrons. The van der Waals surface area contributed by atoms with Gasteiger partial charge in [0.25, 0.3) is 0 Å². The number of amides is 1. The van der Waals surface area contributed by atoms with E-state index in [1.165, 1.54) is 33.0 Å². The summed E-state index contributed by atoms with van der Waals surface area (Å²) < 4.78 is 38.9. The van der Waals surface area contributed by atoms with Crippen molar-refractivity contribution in [3.05, 3.63) is 53.0 Å². The number of carbonyl (C=O) groups excluding carboxylic acids is 1. The second-order valence-corrected chi connectivity index (χ2v) is 9.57. The van der Waals surface area contributed by atoms with Gasteiger partial charge in [-0.1, -0.05) is 12.1 Å². The smallest absolute Gasteiger partial charge is 0.419 e. The van der Waals surface area contributed by atoms with Crippen molar-refractivity contribution in [3.63, 3.8) is 0 Å². The molecule has 0 atom stereocenters. The zero-order chi connectivity index (χ0) is 22.9. The van der Waals surface area contributed by atoms with Crippen molar-refractivity contribution in [2.75, 3.05) is 32.1 Å². The van der Waals surface area contributed by atoms with Gasteiger partial charge < -0.3 is 14.1 Å². The molecule has 9 nitrogen and oxygen atoms in total. The van der Waals surface area contributed by atoms with Gasteiger partial charge in [-0.15, -0.1) is 0 Å². The Morgan fingerprint density at radius 2 is 1.88 bits per heavy atom. The topological polar surface area (TPSA) is 102 Å². The number of rotatable bonds is 7. The highest BCUT2D eigenvalue weighted by atomic mass is 32.2. The van der Waals surface area contributed by atoms with Gasteiger partial charge in [0, 0.05) is 39.2 Å². The molecule has 0 unspecified atom stereocenters. The monoisotopic (exact) mass is 459 g/mol. The SMILES string of the molecule is COc1ccccc1N(C)C(=O)CCn1c(=O)oc2cc(S(=O)(=O)N3CCCC3)ccc21. The Morgan fingerprint density at radius 1 is 1.16 bits per heavy atom. The van der Waals surface area contributed by atoms with E-state index in [2.05, 4.69) is 0 Å². The normalized spacial score (nSPS) is 14.7. The van der Waals surface area contributed by atoms with Crippen LogP contribution < -0.4 is 15.4 Å². The first-order chi connectivity index (χ1) is 15.3. The number of carbonyl (C=O) groups is 1. The van der Waals surface area contributed by atoms with E-state index in [9.17, 15) is 18.0 Å².